The molecule has 9 nitrogen and oxygen atoms in total. The lowest BCUT2D eigenvalue weighted by molar-refractivity contribution is -0.124. The maximum atomic E-state index is 13.8. The number of hydrogen-bond donors (Lipinski definition) is 2. The second-order valence-electron chi connectivity index (χ2n) is 12.2. The number of hydrogen-bond acceptors (Lipinski definition) is 8. The molecule has 0 unspecified atom stereocenters. The van der Waals surface area contributed by atoms with Crippen molar-refractivity contribution in [3.05, 3.63) is 66.0 Å². The first kappa shape index (κ1) is 32.1. The molecule has 10 heteroatoms. The molecule has 240 valence electrons. The Balaban J connectivity index is 1.46. The molecule has 3 aromatic carbocycles. The minimum absolute atomic E-state index is 0.0903. The van der Waals surface area contributed by atoms with E-state index in [0.29, 0.717) is 54.1 Å². The second kappa shape index (κ2) is 14.2. The molecular weight excluding hydrogens is 575 g/mol. The molecule has 1 aliphatic heterocycles. The number of aromatic nitrogens is 1. The number of anilines is 1. The van der Waals surface area contributed by atoms with E-state index >= 15 is 0 Å². The van der Waals surface area contributed by atoms with Gasteiger partial charge in [-0.3, -0.25) is 4.79 Å². The highest BCUT2D eigenvalue weighted by molar-refractivity contribution is 5.80. The molecule has 1 aliphatic rings. The van der Waals surface area contributed by atoms with Crippen LogP contribution in [0.1, 0.15) is 53.0 Å². The van der Waals surface area contributed by atoms with Crippen LogP contribution in [0.4, 0.5) is 10.4 Å². The molecule has 2 heterocycles. The molecule has 4 aromatic rings. The summed E-state index contributed by atoms with van der Waals surface area (Å²) < 4.78 is 38.1. The van der Waals surface area contributed by atoms with E-state index < -0.39 is 0 Å². The summed E-state index contributed by atoms with van der Waals surface area (Å²) in [7, 11) is 0. The van der Waals surface area contributed by atoms with Gasteiger partial charge in [-0.2, -0.15) is 4.98 Å². The lowest BCUT2D eigenvalue weighted by Crippen LogP contribution is -2.43. The highest BCUT2D eigenvalue weighted by atomic mass is 19.1. The van der Waals surface area contributed by atoms with Gasteiger partial charge in [0.2, 0.25) is 0 Å². The van der Waals surface area contributed by atoms with Crippen LogP contribution in [0.3, 0.4) is 0 Å². The van der Waals surface area contributed by atoms with Crippen LogP contribution in [0.15, 0.2) is 59.0 Å². The van der Waals surface area contributed by atoms with Gasteiger partial charge in [0.25, 0.3) is 11.9 Å². The first-order valence-corrected chi connectivity index (χ1v) is 15.6. The van der Waals surface area contributed by atoms with Crippen LogP contribution < -0.4 is 29.7 Å². The summed E-state index contributed by atoms with van der Waals surface area (Å²) in [4.78, 5) is 19.4. The van der Waals surface area contributed by atoms with Gasteiger partial charge in [-0.15, -0.1) is 0 Å². The van der Waals surface area contributed by atoms with Crippen LogP contribution in [0.25, 0.3) is 22.2 Å². The summed E-state index contributed by atoms with van der Waals surface area (Å²) in [5.74, 6) is 1.39. The molecule has 0 radical (unpaired) electrons. The van der Waals surface area contributed by atoms with E-state index in [0.717, 1.165) is 42.6 Å². The van der Waals surface area contributed by atoms with E-state index in [1.54, 1.807) is 24.3 Å². The number of nitrogens with one attached hydrogen (secondary N) is 2. The number of amides is 1. The molecule has 0 aliphatic carbocycles. The molecule has 2 N–H and O–H groups in total. The van der Waals surface area contributed by atoms with Gasteiger partial charge in [0.15, 0.2) is 12.2 Å². The summed E-state index contributed by atoms with van der Waals surface area (Å²) >= 11 is 0. The van der Waals surface area contributed by atoms with Crippen molar-refractivity contribution in [2.75, 3.05) is 37.8 Å². The Morgan fingerprint density at radius 2 is 1.67 bits per heavy atom. The van der Waals surface area contributed by atoms with E-state index in [1.165, 1.54) is 12.1 Å². The van der Waals surface area contributed by atoms with Crippen LogP contribution in [0.5, 0.6) is 17.2 Å². The Kier molecular flexibility index (Phi) is 10.1. The van der Waals surface area contributed by atoms with Crippen molar-refractivity contribution >= 4 is 23.0 Å². The zero-order chi connectivity index (χ0) is 32.0. The highest BCUT2D eigenvalue weighted by Crippen LogP contribution is 2.41. The molecule has 1 aromatic heterocycles. The van der Waals surface area contributed by atoms with Gasteiger partial charge in [-0.25, -0.2) is 4.39 Å². The van der Waals surface area contributed by atoms with Gasteiger partial charge in [-0.05, 0) is 108 Å². The number of piperidine rings is 1. The van der Waals surface area contributed by atoms with Crippen molar-refractivity contribution in [3.8, 4) is 28.4 Å². The number of ether oxygens (including phenoxy) is 3. The zero-order valence-electron chi connectivity index (χ0n) is 26.7. The van der Waals surface area contributed by atoms with E-state index in [1.807, 2.05) is 52.8 Å². The third-order valence-electron chi connectivity index (χ3n) is 7.44. The third-order valence-corrected chi connectivity index (χ3v) is 7.44. The number of fused-ring (bicyclic) bond motifs is 1. The van der Waals surface area contributed by atoms with Crippen LogP contribution >= 0.6 is 0 Å². The fourth-order valence-corrected chi connectivity index (χ4v) is 5.55. The maximum absolute atomic E-state index is 13.8. The van der Waals surface area contributed by atoms with Crippen molar-refractivity contribution in [2.45, 2.75) is 65.6 Å². The van der Waals surface area contributed by atoms with Crippen molar-refractivity contribution in [1.82, 2.24) is 15.6 Å². The number of halogens is 1. The van der Waals surface area contributed by atoms with E-state index in [4.69, 9.17) is 23.6 Å². The lowest BCUT2D eigenvalue weighted by Gasteiger charge is -2.34. The van der Waals surface area contributed by atoms with Crippen LogP contribution in [0, 0.1) is 5.82 Å². The SMILES string of the molecule is CCOc1cc(CN(c2nc3cc(OCC(=O)NC(C)(C)C)ccc3o2)C2CCNCC2)cc(OCC)c1-c1ccc(F)cc1. The minimum atomic E-state index is -0.336. The summed E-state index contributed by atoms with van der Waals surface area (Å²) in [6.07, 6.45) is 1.86. The number of benzene rings is 3. The Labute approximate surface area is 264 Å². The quantitative estimate of drug-likeness (QED) is 0.186. The van der Waals surface area contributed by atoms with Gasteiger partial charge in [0.05, 0.1) is 18.8 Å². The zero-order valence-corrected chi connectivity index (χ0v) is 26.7. The predicted molar refractivity (Wildman–Crippen MR) is 174 cm³/mol. The standard InChI is InChI=1S/C35H43FN4O5/c1-6-42-30-18-23(19-31(43-7-2)33(30)24-8-10-25(36)11-9-24)21-40(26-14-16-37-17-15-26)34-38-28-20-27(12-13-29(28)45-34)44-22-32(41)39-35(3,4)5/h8-13,18-20,26,37H,6-7,14-17,21-22H2,1-5H3,(H,39,41). The van der Waals surface area contributed by atoms with E-state index in [-0.39, 0.29) is 29.9 Å². The first-order chi connectivity index (χ1) is 21.6. The smallest absolute Gasteiger partial charge is 0.298 e. The van der Waals surface area contributed by atoms with E-state index in [9.17, 15) is 9.18 Å². The van der Waals surface area contributed by atoms with Gasteiger partial charge in [0, 0.05) is 24.2 Å². The van der Waals surface area contributed by atoms with Crippen LogP contribution in [-0.4, -0.2) is 55.4 Å². The number of rotatable bonds is 12. The summed E-state index contributed by atoms with van der Waals surface area (Å²) in [5, 5.41) is 6.34. The molecule has 0 saturated carbocycles. The largest absolute Gasteiger partial charge is 0.493 e. The molecule has 1 amide bonds. The fraction of sp³-hybridized carbons (Fsp3) is 0.429. The van der Waals surface area contributed by atoms with Crippen molar-refractivity contribution in [1.29, 1.82) is 0 Å². The molecule has 1 fully saturated rings. The third kappa shape index (κ3) is 8.25. The Morgan fingerprint density at radius 3 is 2.29 bits per heavy atom. The topological polar surface area (TPSA) is 98.1 Å². The summed E-state index contributed by atoms with van der Waals surface area (Å²) in [6, 6.07) is 16.5. The predicted octanol–water partition coefficient (Wildman–Crippen LogP) is 6.48. The van der Waals surface area contributed by atoms with Gasteiger partial charge in [-0.1, -0.05) is 12.1 Å². The van der Waals surface area contributed by atoms with Gasteiger partial charge >= 0.3 is 0 Å². The second-order valence-corrected chi connectivity index (χ2v) is 12.2. The molecular formula is C35H43FN4O5. The van der Waals surface area contributed by atoms with Gasteiger partial charge < -0.3 is 34.2 Å². The number of carbonyl (C=O) groups is 1. The molecule has 0 bridgehead atoms. The van der Waals surface area contributed by atoms with E-state index in [2.05, 4.69) is 15.5 Å². The monoisotopic (exact) mass is 618 g/mol. The van der Waals surface area contributed by atoms with Crippen molar-refractivity contribution in [3.63, 3.8) is 0 Å². The number of carbonyl (C=O) groups excluding carboxylic acids is 1. The summed E-state index contributed by atoms with van der Waals surface area (Å²) in [5.41, 5.74) is 3.53. The summed E-state index contributed by atoms with van der Waals surface area (Å²) in [6.45, 7) is 12.8. The molecule has 0 spiro atoms. The fourth-order valence-electron chi connectivity index (χ4n) is 5.55. The normalized spacial score (nSPS) is 13.9. The number of oxazole rings is 1. The minimum Gasteiger partial charge on any atom is -0.493 e. The Hall–Kier alpha value is -4.31. The highest BCUT2D eigenvalue weighted by Gasteiger charge is 2.27. The molecule has 5 rings (SSSR count). The molecule has 0 atom stereocenters. The Morgan fingerprint density at radius 1 is 1.00 bits per heavy atom. The van der Waals surface area contributed by atoms with Gasteiger partial charge in [0.1, 0.15) is 28.6 Å². The average Bonchev–Trinajstić information content (AvgIpc) is 3.43. The number of nitrogens with zero attached hydrogens (tertiary/aromatic N) is 2. The van der Waals surface area contributed by atoms with Crippen molar-refractivity contribution < 1.29 is 27.8 Å². The lowest BCUT2D eigenvalue weighted by atomic mass is 9.99. The maximum Gasteiger partial charge on any atom is 0.298 e. The first-order valence-electron chi connectivity index (χ1n) is 15.6. The van der Waals surface area contributed by atoms with Crippen LogP contribution in [-0.2, 0) is 11.3 Å². The average molecular weight is 619 g/mol. The Bertz CT molecular complexity index is 1570. The van der Waals surface area contributed by atoms with Crippen molar-refractivity contribution in [2.24, 2.45) is 0 Å². The van der Waals surface area contributed by atoms with Crippen LogP contribution in [0.2, 0.25) is 0 Å². The molecule has 1 saturated heterocycles. The molecule has 45 heavy (non-hydrogen) atoms.